The van der Waals surface area contributed by atoms with Crippen LogP contribution in [0.25, 0.3) is 16.6 Å². The molecule has 1 N–H and O–H groups in total. The highest BCUT2D eigenvalue weighted by Crippen LogP contribution is 2.22. The van der Waals surface area contributed by atoms with Crippen molar-refractivity contribution in [1.82, 2.24) is 14.8 Å². The second-order valence-electron chi connectivity index (χ2n) is 6.72. The van der Waals surface area contributed by atoms with Gasteiger partial charge in [-0.3, -0.25) is 0 Å². The van der Waals surface area contributed by atoms with Crippen LogP contribution in [0.1, 0.15) is 27.4 Å². The molecule has 0 aliphatic rings. The third-order valence-electron chi connectivity index (χ3n) is 4.61. The molecule has 0 bridgehead atoms. The number of esters is 1. The van der Waals surface area contributed by atoms with Crippen molar-refractivity contribution in [2.75, 3.05) is 7.11 Å². The minimum Gasteiger partial charge on any atom is -0.497 e. The molecule has 0 saturated carbocycles. The van der Waals surface area contributed by atoms with E-state index in [-0.39, 0.29) is 6.61 Å². The van der Waals surface area contributed by atoms with Crippen molar-refractivity contribution < 1.29 is 14.3 Å². The van der Waals surface area contributed by atoms with Gasteiger partial charge in [0.05, 0.1) is 18.5 Å². The largest absolute Gasteiger partial charge is 0.497 e. The van der Waals surface area contributed by atoms with Gasteiger partial charge >= 0.3 is 5.97 Å². The first-order valence-corrected chi connectivity index (χ1v) is 9.00. The second-order valence-corrected chi connectivity index (χ2v) is 6.72. The molecule has 0 spiro atoms. The summed E-state index contributed by atoms with van der Waals surface area (Å²) in [5.41, 5.74) is 5.20. The fourth-order valence-corrected chi connectivity index (χ4v) is 3.19. The highest BCUT2D eigenvalue weighted by molar-refractivity contribution is 5.95. The molecule has 2 heterocycles. The lowest BCUT2D eigenvalue weighted by Gasteiger charge is -2.07. The molecule has 0 aliphatic heterocycles. The molecule has 0 amide bonds. The van der Waals surface area contributed by atoms with E-state index in [2.05, 4.69) is 10.1 Å². The first-order chi connectivity index (χ1) is 13.5. The highest BCUT2D eigenvalue weighted by Gasteiger charge is 2.12. The van der Waals surface area contributed by atoms with E-state index in [1.54, 1.807) is 13.2 Å². The summed E-state index contributed by atoms with van der Waals surface area (Å²) in [6, 6.07) is 17.2. The fourth-order valence-electron chi connectivity index (χ4n) is 3.19. The highest BCUT2D eigenvalue weighted by atomic mass is 16.5. The van der Waals surface area contributed by atoms with Crippen LogP contribution in [0.2, 0.25) is 0 Å². The van der Waals surface area contributed by atoms with Crippen molar-refractivity contribution in [3.05, 3.63) is 77.2 Å². The van der Waals surface area contributed by atoms with Crippen LogP contribution < -0.4 is 4.74 Å². The Morgan fingerprint density at radius 2 is 1.86 bits per heavy atom. The van der Waals surface area contributed by atoms with E-state index < -0.39 is 5.97 Å². The number of nitrogens with zero attached hydrogens (tertiary/aromatic N) is 2. The zero-order valence-electron chi connectivity index (χ0n) is 16.0. The van der Waals surface area contributed by atoms with Crippen molar-refractivity contribution >= 4 is 16.9 Å². The van der Waals surface area contributed by atoms with Crippen LogP contribution in [0.5, 0.6) is 5.75 Å². The Morgan fingerprint density at radius 3 is 2.54 bits per heavy atom. The van der Waals surface area contributed by atoms with E-state index in [1.165, 1.54) is 0 Å². The Labute approximate surface area is 162 Å². The van der Waals surface area contributed by atoms with E-state index in [0.29, 0.717) is 5.69 Å². The van der Waals surface area contributed by atoms with Crippen LogP contribution >= 0.6 is 0 Å². The van der Waals surface area contributed by atoms with Gasteiger partial charge < -0.3 is 14.5 Å². The molecule has 4 aromatic rings. The van der Waals surface area contributed by atoms with Gasteiger partial charge in [0.25, 0.3) is 0 Å². The summed E-state index contributed by atoms with van der Waals surface area (Å²) in [6.45, 7) is 4.19. The third kappa shape index (κ3) is 3.49. The van der Waals surface area contributed by atoms with Crippen LogP contribution in [0, 0.1) is 13.8 Å². The zero-order valence-corrected chi connectivity index (χ0v) is 16.0. The van der Waals surface area contributed by atoms with Gasteiger partial charge in [0, 0.05) is 22.7 Å². The molecule has 2 aromatic carbocycles. The van der Waals surface area contributed by atoms with Crippen molar-refractivity contribution in [2.24, 2.45) is 0 Å². The van der Waals surface area contributed by atoms with Crippen molar-refractivity contribution in [2.45, 2.75) is 20.5 Å². The Bertz CT molecular complexity index is 1140. The number of nitrogens with one attached hydrogen (secondary N) is 1. The summed E-state index contributed by atoms with van der Waals surface area (Å²) in [5, 5.41) is 5.41. The Kier molecular flexibility index (Phi) is 4.61. The predicted octanol–water partition coefficient (Wildman–Crippen LogP) is 4.34. The molecule has 0 atom stereocenters. The maximum atomic E-state index is 12.4. The monoisotopic (exact) mass is 375 g/mol. The smallest absolute Gasteiger partial charge is 0.355 e. The van der Waals surface area contributed by atoms with Gasteiger partial charge in [0.15, 0.2) is 0 Å². The third-order valence-corrected chi connectivity index (χ3v) is 4.61. The lowest BCUT2D eigenvalue weighted by Crippen LogP contribution is -2.06. The molecule has 0 radical (unpaired) electrons. The molecular weight excluding hydrogens is 354 g/mol. The molecule has 6 heteroatoms. The molecule has 0 aliphatic carbocycles. The number of aromatic amines is 1. The molecule has 0 fully saturated rings. The molecule has 2 aromatic heterocycles. The molecule has 0 saturated heterocycles. The number of benzene rings is 2. The topological polar surface area (TPSA) is 69.1 Å². The minimum absolute atomic E-state index is 0.203. The molecule has 28 heavy (non-hydrogen) atoms. The van der Waals surface area contributed by atoms with E-state index in [9.17, 15) is 4.79 Å². The van der Waals surface area contributed by atoms with Crippen LogP contribution in [-0.2, 0) is 11.3 Å². The van der Waals surface area contributed by atoms with Crippen LogP contribution in [0.4, 0.5) is 0 Å². The summed E-state index contributed by atoms with van der Waals surface area (Å²) in [7, 11) is 1.61. The number of H-pyrrole nitrogens is 1. The van der Waals surface area contributed by atoms with Gasteiger partial charge in [-0.15, -0.1) is 0 Å². The van der Waals surface area contributed by atoms with Gasteiger partial charge in [-0.05, 0) is 55.8 Å². The summed E-state index contributed by atoms with van der Waals surface area (Å²) >= 11 is 0. The second kappa shape index (κ2) is 7.23. The maximum Gasteiger partial charge on any atom is 0.355 e. The minimum atomic E-state index is -0.391. The van der Waals surface area contributed by atoms with Gasteiger partial charge in [0.1, 0.15) is 18.1 Å². The molecule has 0 unspecified atom stereocenters. The maximum absolute atomic E-state index is 12.4. The Morgan fingerprint density at radius 1 is 1.07 bits per heavy atom. The first-order valence-electron chi connectivity index (χ1n) is 9.00. The molecule has 4 rings (SSSR count). The van der Waals surface area contributed by atoms with Gasteiger partial charge in [-0.2, -0.15) is 5.10 Å². The summed E-state index contributed by atoms with van der Waals surface area (Å²) in [6.07, 6.45) is 0. The normalized spacial score (nSPS) is 11.0. The number of methoxy groups -OCH3 is 1. The van der Waals surface area contributed by atoms with Crippen molar-refractivity contribution in [3.8, 4) is 11.4 Å². The average molecular weight is 375 g/mol. The fraction of sp³-hybridized carbons (Fsp3) is 0.182. The number of aryl methyl sites for hydroxylation is 2. The summed E-state index contributed by atoms with van der Waals surface area (Å²) < 4.78 is 12.5. The number of fused-ring (bicyclic) bond motifs is 1. The summed E-state index contributed by atoms with van der Waals surface area (Å²) in [5.74, 6) is 0.342. The zero-order chi connectivity index (χ0) is 19.7. The van der Waals surface area contributed by atoms with Crippen LogP contribution in [0.15, 0.2) is 54.6 Å². The standard InChI is InChI=1S/C22H21N3O3/c1-14-10-15(2)25(24-14)18-7-4-16(5-8-18)13-28-22(26)21-11-17-6-9-19(27-3)12-20(17)23-21/h4-12,23H,13H2,1-3H3. The number of hydrogen-bond donors (Lipinski definition) is 1. The van der Waals surface area contributed by atoms with E-state index in [0.717, 1.165) is 39.3 Å². The molecular formula is C22H21N3O3. The lowest BCUT2D eigenvalue weighted by atomic mass is 10.2. The number of carbonyl (C=O) groups is 1. The number of hydrogen-bond acceptors (Lipinski definition) is 4. The van der Waals surface area contributed by atoms with E-state index in [1.807, 2.05) is 67.1 Å². The number of carbonyl (C=O) groups excluding carboxylic acids is 1. The van der Waals surface area contributed by atoms with Gasteiger partial charge in [0.2, 0.25) is 0 Å². The lowest BCUT2D eigenvalue weighted by molar-refractivity contribution is 0.0467. The number of aromatic nitrogens is 3. The number of rotatable bonds is 5. The summed E-state index contributed by atoms with van der Waals surface area (Å²) in [4.78, 5) is 15.5. The quantitative estimate of drug-likeness (QED) is 0.527. The van der Waals surface area contributed by atoms with E-state index in [4.69, 9.17) is 9.47 Å². The van der Waals surface area contributed by atoms with Crippen LogP contribution in [-0.4, -0.2) is 27.8 Å². The SMILES string of the molecule is COc1ccc2cc(C(=O)OCc3ccc(-n4nc(C)cc4C)cc3)[nH]c2c1. The average Bonchev–Trinajstić information content (AvgIpc) is 3.28. The Hall–Kier alpha value is -3.54. The van der Waals surface area contributed by atoms with Gasteiger partial charge in [-0.1, -0.05) is 12.1 Å². The Balaban J connectivity index is 1.44. The van der Waals surface area contributed by atoms with Gasteiger partial charge in [-0.25, -0.2) is 9.48 Å². The number of ether oxygens (including phenoxy) is 2. The van der Waals surface area contributed by atoms with Crippen molar-refractivity contribution in [3.63, 3.8) is 0 Å². The van der Waals surface area contributed by atoms with E-state index >= 15 is 0 Å². The molecule has 6 nitrogen and oxygen atoms in total. The van der Waals surface area contributed by atoms with Crippen LogP contribution in [0.3, 0.4) is 0 Å². The van der Waals surface area contributed by atoms with Crippen molar-refractivity contribution in [1.29, 1.82) is 0 Å². The predicted molar refractivity (Wildman–Crippen MR) is 107 cm³/mol. The first kappa shape index (κ1) is 17.9. The molecule has 142 valence electrons.